The zero-order valence-corrected chi connectivity index (χ0v) is 12.4. The molecule has 3 nitrogen and oxygen atoms in total. The monoisotopic (exact) mass is 338 g/mol. The topological polar surface area (TPSA) is 38.5 Å². The van der Waals surface area contributed by atoms with Crippen LogP contribution in [0.1, 0.15) is 33.1 Å². The Kier molecular flexibility index (Phi) is 4.14. The predicted octanol–water partition coefficient (Wildman–Crippen LogP) is 1.99. The Labute approximate surface area is 112 Å². The van der Waals surface area contributed by atoms with Gasteiger partial charge in [-0.15, -0.1) is 0 Å². The lowest BCUT2D eigenvalue weighted by Gasteiger charge is -2.42. The fourth-order valence-corrected chi connectivity index (χ4v) is 3.60. The van der Waals surface area contributed by atoms with Crippen LogP contribution in [0.5, 0.6) is 0 Å². The van der Waals surface area contributed by atoms with E-state index in [4.69, 9.17) is 10.5 Å². The molecule has 2 saturated heterocycles. The van der Waals surface area contributed by atoms with Crippen LogP contribution < -0.4 is 5.73 Å². The van der Waals surface area contributed by atoms with Crippen LogP contribution in [0, 0.1) is 5.41 Å². The van der Waals surface area contributed by atoms with Crippen molar-refractivity contribution in [3.63, 3.8) is 0 Å². The van der Waals surface area contributed by atoms with Crippen LogP contribution in [0.3, 0.4) is 0 Å². The third-order valence-corrected chi connectivity index (χ3v) is 5.18. The average Bonchev–Trinajstić information content (AvgIpc) is 2.58. The highest BCUT2D eigenvalue weighted by Gasteiger charge is 2.48. The van der Waals surface area contributed by atoms with Gasteiger partial charge in [-0.05, 0) is 39.3 Å². The molecule has 2 rings (SSSR count). The van der Waals surface area contributed by atoms with Crippen LogP contribution in [0.2, 0.25) is 0 Å². The van der Waals surface area contributed by atoms with E-state index in [0.29, 0.717) is 10.2 Å². The number of nitrogens with zero attached hydrogens (tertiary/aromatic N) is 1. The fraction of sp³-hybridized carbons (Fsp3) is 1.00. The SMILES string of the molecule is CC[C@@H]1OCC2(CCN(C(C)I)CC2)[C@@H]1N. The molecule has 0 saturated carbocycles. The lowest BCUT2D eigenvalue weighted by Crippen LogP contribution is -2.51. The van der Waals surface area contributed by atoms with Crippen molar-refractivity contribution in [2.24, 2.45) is 11.1 Å². The Hall–Kier alpha value is 0.610. The molecule has 94 valence electrons. The summed E-state index contributed by atoms with van der Waals surface area (Å²) in [7, 11) is 0. The van der Waals surface area contributed by atoms with Crippen molar-refractivity contribution in [3.8, 4) is 0 Å². The van der Waals surface area contributed by atoms with E-state index in [-0.39, 0.29) is 11.5 Å². The third kappa shape index (κ3) is 2.26. The van der Waals surface area contributed by atoms with Gasteiger partial charge < -0.3 is 10.5 Å². The molecule has 0 aromatic carbocycles. The van der Waals surface area contributed by atoms with Crippen LogP contribution in [-0.4, -0.2) is 40.8 Å². The third-order valence-electron chi connectivity index (χ3n) is 4.39. The molecule has 2 heterocycles. The largest absolute Gasteiger partial charge is 0.376 e. The van der Waals surface area contributed by atoms with E-state index < -0.39 is 0 Å². The number of halogens is 1. The first-order valence-corrected chi connectivity index (χ1v) is 7.59. The molecule has 0 aromatic heterocycles. The Morgan fingerprint density at radius 3 is 2.56 bits per heavy atom. The van der Waals surface area contributed by atoms with Crippen LogP contribution in [0.4, 0.5) is 0 Å². The van der Waals surface area contributed by atoms with Crippen molar-refractivity contribution in [2.75, 3.05) is 19.7 Å². The minimum Gasteiger partial charge on any atom is -0.376 e. The van der Waals surface area contributed by atoms with Crippen LogP contribution >= 0.6 is 22.6 Å². The minimum atomic E-state index is 0.254. The highest BCUT2D eigenvalue weighted by molar-refractivity contribution is 14.1. The fourth-order valence-electron chi connectivity index (χ4n) is 3.04. The second-order valence-electron chi connectivity index (χ2n) is 5.26. The number of piperidine rings is 1. The van der Waals surface area contributed by atoms with Crippen LogP contribution in [0.15, 0.2) is 0 Å². The number of hydrogen-bond acceptors (Lipinski definition) is 3. The van der Waals surface area contributed by atoms with Gasteiger partial charge in [0.1, 0.15) is 0 Å². The Bertz CT molecular complexity index is 239. The highest BCUT2D eigenvalue weighted by atomic mass is 127. The first kappa shape index (κ1) is 13.1. The lowest BCUT2D eigenvalue weighted by atomic mass is 9.73. The molecule has 0 aromatic rings. The lowest BCUT2D eigenvalue weighted by molar-refractivity contribution is 0.0635. The predicted molar refractivity (Wildman–Crippen MR) is 74.7 cm³/mol. The van der Waals surface area contributed by atoms with Gasteiger partial charge >= 0.3 is 0 Å². The molecule has 1 unspecified atom stereocenters. The average molecular weight is 338 g/mol. The molecule has 3 atom stereocenters. The van der Waals surface area contributed by atoms with Gasteiger partial charge in [-0.1, -0.05) is 29.5 Å². The standard InChI is InChI=1S/C12H23IN2O/c1-3-10-11(14)12(8-16-10)4-6-15(7-5-12)9(2)13/h9-11H,3-8,14H2,1-2H3/t9?,10-,11+/m0/s1. The smallest absolute Gasteiger partial charge is 0.0729 e. The van der Waals surface area contributed by atoms with Crippen molar-refractivity contribution >= 4 is 22.6 Å². The summed E-state index contributed by atoms with van der Waals surface area (Å²) in [5.41, 5.74) is 6.66. The first-order valence-electron chi connectivity index (χ1n) is 6.34. The normalized spacial score (nSPS) is 36.8. The van der Waals surface area contributed by atoms with E-state index >= 15 is 0 Å². The van der Waals surface area contributed by atoms with Gasteiger partial charge in [-0.2, -0.15) is 0 Å². The molecule has 2 N–H and O–H groups in total. The quantitative estimate of drug-likeness (QED) is 0.475. The summed E-state index contributed by atoms with van der Waals surface area (Å²) in [4.78, 5) is 2.54. The number of hydrogen-bond donors (Lipinski definition) is 1. The molecule has 0 aliphatic carbocycles. The van der Waals surface area contributed by atoms with Crippen LogP contribution in [0.25, 0.3) is 0 Å². The summed E-state index contributed by atoms with van der Waals surface area (Å²) in [6, 6.07) is 0.254. The molecule has 1 spiro atoms. The maximum Gasteiger partial charge on any atom is 0.0729 e. The maximum absolute atomic E-state index is 6.38. The van der Waals surface area contributed by atoms with Crippen LogP contribution in [-0.2, 0) is 4.74 Å². The number of likely N-dealkylation sites (tertiary alicyclic amines) is 1. The van der Waals surface area contributed by atoms with Gasteiger partial charge in [0.05, 0.1) is 16.8 Å². The highest BCUT2D eigenvalue weighted by Crippen LogP contribution is 2.42. The first-order chi connectivity index (χ1) is 7.59. The van der Waals surface area contributed by atoms with Crippen molar-refractivity contribution < 1.29 is 4.74 Å². The molecule has 0 amide bonds. The molecule has 2 fully saturated rings. The zero-order valence-electron chi connectivity index (χ0n) is 10.3. The molecule has 2 aliphatic rings. The van der Waals surface area contributed by atoms with Crippen molar-refractivity contribution in [1.29, 1.82) is 0 Å². The second kappa shape index (κ2) is 5.08. The Morgan fingerprint density at radius 2 is 2.12 bits per heavy atom. The summed E-state index contributed by atoms with van der Waals surface area (Å²) < 4.78 is 6.49. The Balaban J connectivity index is 1.97. The molecular formula is C12H23IN2O. The van der Waals surface area contributed by atoms with Gasteiger partial charge in [0.15, 0.2) is 0 Å². The van der Waals surface area contributed by atoms with Crippen molar-refractivity contribution in [2.45, 2.75) is 49.3 Å². The number of nitrogens with two attached hydrogens (primary N) is 1. The second-order valence-corrected chi connectivity index (χ2v) is 7.06. The summed E-state index contributed by atoms with van der Waals surface area (Å²) in [5.74, 6) is 0. The van der Waals surface area contributed by atoms with Gasteiger partial charge in [0.25, 0.3) is 0 Å². The Morgan fingerprint density at radius 1 is 1.50 bits per heavy atom. The minimum absolute atomic E-state index is 0.254. The summed E-state index contributed by atoms with van der Waals surface area (Å²) in [5, 5.41) is 0. The summed E-state index contributed by atoms with van der Waals surface area (Å²) >= 11 is 2.49. The number of ether oxygens (including phenoxy) is 1. The molecule has 16 heavy (non-hydrogen) atoms. The van der Waals surface area contributed by atoms with E-state index in [1.165, 1.54) is 25.9 Å². The van der Waals surface area contributed by atoms with E-state index in [1.54, 1.807) is 0 Å². The van der Waals surface area contributed by atoms with E-state index in [9.17, 15) is 0 Å². The summed E-state index contributed by atoms with van der Waals surface area (Å²) in [6.45, 7) is 7.68. The molecule has 4 heteroatoms. The van der Waals surface area contributed by atoms with E-state index in [0.717, 1.165) is 13.0 Å². The summed E-state index contributed by atoms with van der Waals surface area (Å²) in [6.07, 6.45) is 3.76. The van der Waals surface area contributed by atoms with Gasteiger partial charge in [-0.3, -0.25) is 4.90 Å². The van der Waals surface area contributed by atoms with Crippen molar-refractivity contribution in [1.82, 2.24) is 4.90 Å². The molecule has 0 radical (unpaired) electrons. The van der Waals surface area contributed by atoms with Gasteiger partial charge in [-0.25, -0.2) is 0 Å². The van der Waals surface area contributed by atoms with E-state index in [2.05, 4.69) is 41.3 Å². The van der Waals surface area contributed by atoms with Crippen molar-refractivity contribution in [3.05, 3.63) is 0 Å². The molecular weight excluding hydrogens is 315 g/mol. The van der Waals surface area contributed by atoms with Gasteiger partial charge in [0, 0.05) is 11.5 Å². The zero-order chi connectivity index (χ0) is 11.8. The number of rotatable bonds is 2. The van der Waals surface area contributed by atoms with E-state index in [1.807, 2.05) is 0 Å². The maximum atomic E-state index is 6.38. The molecule has 2 aliphatic heterocycles. The number of alkyl halides is 1. The van der Waals surface area contributed by atoms with Gasteiger partial charge in [0.2, 0.25) is 0 Å². The molecule has 0 bridgehead atoms.